The summed E-state index contributed by atoms with van der Waals surface area (Å²) in [7, 11) is 0. The molecule has 0 saturated heterocycles. The molecule has 0 fully saturated rings. The first kappa shape index (κ1) is 19.0. The predicted molar refractivity (Wildman–Crippen MR) is 97.5 cm³/mol. The smallest absolute Gasteiger partial charge is 0.366 e. The molecule has 0 aliphatic heterocycles. The summed E-state index contributed by atoms with van der Waals surface area (Å²) in [6, 6.07) is 5.76. The molecule has 2 aromatic rings. The van der Waals surface area contributed by atoms with E-state index in [0.29, 0.717) is 12.1 Å². The van der Waals surface area contributed by atoms with Crippen molar-refractivity contribution in [2.24, 2.45) is 5.16 Å². The number of nitro groups is 2. The minimum absolute atomic E-state index is 0.167. The van der Waals surface area contributed by atoms with Crippen LogP contribution >= 0.6 is 0 Å². The fourth-order valence-corrected chi connectivity index (χ4v) is 3.07. The summed E-state index contributed by atoms with van der Waals surface area (Å²) < 4.78 is 0. The topological polar surface area (TPSA) is 145 Å². The average Bonchev–Trinajstić information content (AvgIpc) is 2.68. The van der Waals surface area contributed by atoms with Gasteiger partial charge in [-0.15, -0.1) is 0 Å². The highest BCUT2D eigenvalue weighted by Gasteiger charge is 2.23. The summed E-state index contributed by atoms with van der Waals surface area (Å²) in [5, 5.41) is 35.6. The Morgan fingerprint density at radius 1 is 1.11 bits per heavy atom. The molecule has 0 unspecified atom stereocenters. The molecular weight excluding hydrogens is 370 g/mol. The SMILES string of the molecule is Cc1c(O)ccc2c1CCC/C2=N/OC(=O)c1cc([N+](=O)[O-])cc([N+](=O)[O-])c1. The number of benzene rings is 2. The summed E-state index contributed by atoms with van der Waals surface area (Å²) in [6.07, 6.45) is 2.04. The molecule has 10 nitrogen and oxygen atoms in total. The zero-order valence-electron chi connectivity index (χ0n) is 14.7. The lowest BCUT2D eigenvalue weighted by Gasteiger charge is -2.19. The van der Waals surface area contributed by atoms with Crippen LogP contribution < -0.4 is 0 Å². The van der Waals surface area contributed by atoms with Crippen LogP contribution in [0.3, 0.4) is 0 Å². The van der Waals surface area contributed by atoms with Gasteiger partial charge in [-0.2, -0.15) is 0 Å². The highest BCUT2D eigenvalue weighted by atomic mass is 16.7. The Balaban J connectivity index is 1.90. The molecule has 0 amide bonds. The van der Waals surface area contributed by atoms with Crippen molar-refractivity contribution >= 4 is 23.1 Å². The van der Waals surface area contributed by atoms with Crippen LogP contribution in [0.2, 0.25) is 0 Å². The van der Waals surface area contributed by atoms with Crippen molar-refractivity contribution in [1.82, 2.24) is 0 Å². The van der Waals surface area contributed by atoms with Gasteiger partial charge in [-0.05, 0) is 49.4 Å². The number of nitro benzene ring substituents is 2. The van der Waals surface area contributed by atoms with Crippen LogP contribution in [-0.2, 0) is 11.3 Å². The van der Waals surface area contributed by atoms with E-state index >= 15 is 0 Å². The quantitative estimate of drug-likeness (QED) is 0.482. The van der Waals surface area contributed by atoms with E-state index in [2.05, 4.69) is 5.16 Å². The van der Waals surface area contributed by atoms with Crippen LogP contribution in [0.4, 0.5) is 11.4 Å². The minimum atomic E-state index is -1.04. The maximum absolute atomic E-state index is 12.3. The van der Waals surface area contributed by atoms with E-state index in [-0.39, 0.29) is 11.3 Å². The monoisotopic (exact) mass is 385 g/mol. The Kier molecular flexibility index (Phi) is 5.03. The summed E-state index contributed by atoms with van der Waals surface area (Å²) in [5.74, 6) is -0.872. The number of non-ortho nitro benzene ring substituents is 2. The van der Waals surface area contributed by atoms with Crippen LogP contribution in [0.25, 0.3) is 0 Å². The van der Waals surface area contributed by atoms with Crippen LogP contribution in [0.1, 0.15) is 39.9 Å². The number of oxime groups is 1. The molecule has 0 spiro atoms. The second-order valence-corrected chi connectivity index (χ2v) is 6.26. The van der Waals surface area contributed by atoms with Crippen molar-refractivity contribution in [3.05, 3.63) is 72.8 Å². The van der Waals surface area contributed by atoms with Crippen LogP contribution in [-0.4, -0.2) is 26.6 Å². The maximum atomic E-state index is 12.3. The van der Waals surface area contributed by atoms with E-state index < -0.39 is 27.2 Å². The van der Waals surface area contributed by atoms with Crippen molar-refractivity contribution in [3.8, 4) is 5.75 Å². The Morgan fingerprint density at radius 3 is 2.36 bits per heavy atom. The van der Waals surface area contributed by atoms with Crippen molar-refractivity contribution < 1.29 is 24.6 Å². The number of phenols is 1. The molecule has 0 heterocycles. The zero-order chi connectivity index (χ0) is 20.4. The molecule has 144 valence electrons. The largest absolute Gasteiger partial charge is 0.508 e. The van der Waals surface area contributed by atoms with Crippen LogP contribution in [0.15, 0.2) is 35.5 Å². The van der Waals surface area contributed by atoms with Gasteiger partial charge in [-0.3, -0.25) is 20.2 Å². The number of hydrogen-bond donors (Lipinski definition) is 1. The first-order valence-corrected chi connectivity index (χ1v) is 8.32. The summed E-state index contributed by atoms with van der Waals surface area (Å²) >= 11 is 0. The number of fused-ring (bicyclic) bond motifs is 1. The molecule has 0 bridgehead atoms. The number of hydrogen-bond acceptors (Lipinski definition) is 8. The third-order valence-electron chi connectivity index (χ3n) is 4.52. The first-order chi connectivity index (χ1) is 13.3. The second-order valence-electron chi connectivity index (χ2n) is 6.26. The molecule has 28 heavy (non-hydrogen) atoms. The summed E-state index contributed by atoms with van der Waals surface area (Å²) in [5.41, 5.74) is 1.35. The lowest BCUT2D eigenvalue weighted by atomic mass is 9.87. The van der Waals surface area contributed by atoms with Gasteiger partial charge in [-0.1, -0.05) is 5.16 Å². The minimum Gasteiger partial charge on any atom is -0.508 e. The van der Waals surface area contributed by atoms with Crippen molar-refractivity contribution in [2.75, 3.05) is 0 Å². The third-order valence-corrected chi connectivity index (χ3v) is 4.52. The van der Waals surface area contributed by atoms with Gasteiger partial charge in [0, 0.05) is 17.7 Å². The number of carbonyl (C=O) groups is 1. The van der Waals surface area contributed by atoms with Crippen molar-refractivity contribution in [3.63, 3.8) is 0 Å². The zero-order valence-corrected chi connectivity index (χ0v) is 14.7. The summed E-state index contributed by atoms with van der Waals surface area (Å²) in [6.45, 7) is 1.78. The van der Waals surface area contributed by atoms with Gasteiger partial charge in [-0.25, -0.2) is 4.79 Å². The molecule has 2 aromatic carbocycles. The molecule has 0 atom stereocenters. The highest BCUT2D eigenvalue weighted by molar-refractivity contribution is 6.03. The van der Waals surface area contributed by atoms with Crippen molar-refractivity contribution in [2.45, 2.75) is 26.2 Å². The van der Waals surface area contributed by atoms with E-state index in [4.69, 9.17) is 4.84 Å². The molecule has 3 rings (SSSR count). The molecular formula is C18H15N3O7. The molecule has 1 aliphatic carbocycles. The number of phenolic OH excluding ortho intramolecular Hbond substituents is 1. The van der Waals surface area contributed by atoms with Crippen molar-refractivity contribution in [1.29, 1.82) is 0 Å². The van der Waals surface area contributed by atoms with Gasteiger partial charge >= 0.3 is 5.97 Å². The van der Waals surface area contributed by atoms with Gasteiger partial charge in [0.05, 0.1) is 27.2 Å². The Morgan fingerprint density at radius 2 is 1.75 bits per heavy atom. The summed E-state index contributed by atoms with van der Waals surface area (Å²) in [4.78, 5) is 37.4. The lowest BCUT2D eigenvalue weighted by molar-refractivity contribution is -0.394. The molecule has 0 aromatic heterocycles. The molecule has 1 aliphatic rings. The predicted octanol–water partition coefficient (Wildman–Crippen LogP) is 3.41. The Labute approximate surface area is 158 Å². The van der Waals surface area contributed by atoms with Crippen LogP contribution in [0, 0.1) is 27.2 Å². The highest BCUT2D eigenvalue weighted by Crippen LogP contribution is 2.30. The van der Waals surface area contributed by atoms with Gasteiger partial charge in [0.1, 0.15) is 5.75 Å². The molecule has 0 saturated carbocycles. The fourth-order valence-electron chi connectivity index (χ4n) is 3.07. The Hall–Kier alpha value is -3.82. The normalized spacial score (nSPS) is 14.4. The van der Waals surface area contributed by atoms with E-state index in [9.17, 15) is 30.1 Å². The molecule has 10 heteroatoms. The number of carbonyl (C=O) groups excluding carboxylic acids is 1. The molecule has 0 radical (unpaired) electrons. The van der Waals surface area contributed by atoms with E-state index in [0.717, 1.165) is 47.7 Å². The lowest BCUT2D eigenvalue weighted by Crippen LogP contribution is -2.15. The van der Waals surface area contributed by atoms with Crippen LogP contribution in [0.5, 0.6) is 5.75 Å². The standard InChI is InChI=1S/C18H15N3O7/c1-10-14-3-2-4-16(15(14)5-6-17(10)22)19-28-18(23)11-7-12(20(24)25)9-13(8-11)21(26)27/h5-9,22H,2-4H2,1H3/b19-16-. The maximum Gasteiger partial charge on any atom is 0.366 e. The van der Waals surface area contributed by atoms with Gasteiger partial charge in [0.15, 0.2) is 0 Å². The first-order valence-electron chi connectivity index (χ1n) is 8.32. The van der Waals surface area contributed by atoms with Gasteiger partial charge < -0.3 is 9.94 Å². The van der Waals surface area contributed by atoms with E-state index in [1.165, 1.54) is 6.07 Å². The Bertz CT molecular complexity index is 998. The third kappa shape index (κ3) is 3.65. The van der Waals surface area contributed by atoms with Gasteiger partial charge in [0.2, 0.25) is 0 Å². The average molecular weight is 385 g/mol. The van der Waals surface area contributed by atoms with E-state index in [1.54, 1.807) is 13.0 Å². The van der Waals surface area contributed by atoms with E-state index in [1.807, 2.05) is 0 Å². The fraction of sp³-hybridized carbons (Fsp3) is 0.222. The second kappa shape index (κ2) is 7.43. The number of rotatable bonds is 4. The van der Waals surface area contributed by atoms with Gasteiger partial charge in [0.25, 0.3) is 11.4 Å². The number of nitrogens with zero attached hydrogens (tertiary/aromatic N) is 3. The number of aromatic hydroxyl groups is 1. The molecule has 1 N–H and O–H groups in total.